The van der Waals surface area contributed by atoms with Gasteiger partial charge in [0.05, 0.1) is 11.9 Å². The van der Waals surface area contributed by atoms with Crippen LogP contribution in [0.4, 0.5) is 5.13 Å². The highest BCUT2D eigenvalue weighted by Gasteiger charge is 2.04. The first-order chi connectivity index (χ1) is 14.3. The molecule has 29 heavy (non-hydrogen) atoms. The Morgan fingerprint density at radius 2 is 1.72 bits per heavy atom. The zero-order chi connectivity index (χ0) is 19.9. The molecule has 3 aromatic carbocycles. The van der Waals surface area contributed by atoms with Gasteiger partial charge in [0, 0.05) is 16.5 Å². The van der Waals surface area contributed by atoms with Crippen molar-refractivity contribution in [2.24, 2.45) is 5.10 Å². The normalized spacial score (nSPS) is 10.9. The van der Waals surface area contributed by atoms with Gasteiger partial charge < -0.3 is 4.74 Å². The number of ether oxygens (including phenoxy) is 1. The van der Waals surface area contributed by atoms with Gasteiger partial charge in [0.1, 0.15) is 12.4 Å². The van der Waals surface area contributed by atoms with Gasteiger partial charge in [-0.05, 0) is 24.6 Å². The molecule has 0 spiro atoms. The first-order valence-corrected chi connectivity index (χ1v) is 10.2. The molecule has 0 saturated carbocycles. The van der Waals surface area contributed by atoms with Crippen LogP contribution in [-0.4, -0.2) is 11.2 Å². The lowest BCUT2D eigenvalue weighted by Gasteiger charge is -2.08. The van der Waals surface area contributed by atoms with Crippen LogP contribution in [0, 0.1) is 6.92 Å². The van der Waals surface area contributed by atoms with E-state index >= 15 is 0 Å². The lowest BCUT2D eigenvalue weighted by Crippen LogP contribution is -1.99. The molecule has 0 radical (unpaired) electrons. The third-order valence-electron chi connectivity index (χ3n) is 4.37. The van der Waals surface area contributed by atoms with Crippen molar-refractivity contribution in [3.63, 3.8) is 0 Å². The summed E-state index contributed by atoms with van der Waals surface area (Å²) in [6.45, 7) is 2.60. The quantitative estimate of drug-likeness (QED) is 0.300. The maximum Gasteiger partial charge on any atom is 0.203 e. The third kappa shape index (κ3) is 5.09. The Bertz CT molecular complexity index is 1090. The van der Waals surface area contributed by atoms with E-state index in [-0.39, 0.29) is 0 Å². The molecule has 0 amide bonds. The highest BCUT2D eigenvalue weighted by molar-refractivity contribution is 7.14. The van der Waals surface area contributed by atoms with E-state index in [4.69, 9.17) is 4.74 Å². The molecule has 0 aliphatic rings. The van der Waals surface area contributed by atoms with Crippen molar-refractivity contribution in [3.8, 4) is 17.0 Å². The summed E-state index contributed by atoms with van der Waals surface area (Å²) in [5.74, 6) is 0.793. The summed E-state index contributed by atoms with van der Waals surface area (Å²) in [7, 11) is 0. The van der Waals surface area contributed by atoms with E-state index in [0.717, 1.165) is 33.3 Å². The third-order valence-corrected chi connectivity index (χ3v) is 5.12. The van der Waals surface area contributed by atoms with Crippen LogP contribution in [0.5, 0.6) is 5.75 Å². The maximum absolute atomic E-state index is 5.97. The van der Waals surface area contributed by atoms with Crippen molar-refractivity contribution in [2.75, 3.05) is 5.43 Å². The summed E-state index contributed by atoms with van der Waals surface area (Å²) in [6.07, 6.45) is 1.76. The molecule has 0 atom stereocenters. The predicted molar refractivity (Wildman–Crippen MR) is 121 cm³/mol. The van der Waals surface area contributed by atoms with Gasteiger partial charge in [-0.25, -0.2) is 4.98 Å². The van der Waals surface area contributed by atoms with Gasteiger partial charge >= 0.3 is 0 Å². The molecule has 0 unspecified atom stereocenters. The number of hydrazone groups is 1. The minimum Gasteiger partial charge on any atom is -0.488 e. The standard InChI is InChI=1S/C24H21N3OS/c1-18-11-13-20(14-12-18)22-17-29-24(26-22)27-25-15-21-9-5-6-10-23(21)28-16-19-7-3-2-4-8-19/h2-15,17H,16H2,1H3,(H,26,27)/b25-15-. The molecule has 5 heteroatoms. The van der Waals surface area contributed by atoms with Crippen LogP contribution in [0.25, 0.3) is 11.3 Å². The number of hydrogen-bond donors (Lipinski definition) is 1. The molecular weight excluding hydrogens is 378 g/mol. The van der Waals surface area contributed by atoms with Crippen LogP contribution in [0.2, 0.25) is 0 Å². The number of nitrogens with one attached hydrogen (secondary N) is 1. The Morgan fingerprint density at radius 1 is 0.966 bits per heavy atom. The molecule has 4 rings (SSSR count). The van der Waals surface area contributed by atoms with Gasteiger partial charge in [-0.1, -0.05) is 72.3 Å². The largest absolute Gasteiger partial charge is 0.488 e. The Kier molecular flexibility index (Phi) is 5.98. The monoisotopic (exact) mass is 399 g/mol. The second-order valence-corrected chi connectivity index (χ2v) is 7.44. The van der Waals surface area contributed by atoms with Crippen molar-refractivity contribution < 1.29 is 4.74 Å². The number of aromatic nitrogens is 1. The lowest BCUT2D eigenvalue weighted by molar-refractivity contribution is 0.306. The average Bonchev–Trinajstić information content (AvgIpc) is 3.23. The molecule has 4 nitrogen and oxygen atoms in total. The number of para-hydroxylation sites is 1. The van der Waals surface area contributed by atoms with E-state index in [1.165, 1.54) is 16.9 Å². The van der Waals surface area contributed by atoms with Crippen molar-refractivity contribution in [2.45, 2.75) is 13.5 Å². The summed E-state index contributed by atoms with van der Waals surface area (Å²) in [5.41, 5.74) is 8.33. The highest BCUT2D eigenvalue weighted by atomic mass is 32.1. The Morgan fingerprint density at radius 3 is 2.55 bits per heavy atom. The van der Waals surface area contributed by atoms with E-state index in [9.17, 15) is 0 Å². The predicted octanol–water partition coefficient (Wildman–Crippen LogP) is 6.14. The fourth-order valence-electron chi connectivity index (χ4n) is 2.79. The molecule has 1 heterocycles. The molecule has 1 N–H and O–H groups in total. The van der Waals surface area contributed by atoms with Crippen LogP contribution >= 0.6 is 11.3 Å². The molecule has 0 saturated heterocycles. The van der Waals surface area contributed by atoms with Crippen molar-refractivity contribution in [1.82, 2.24) is 4.98 Å². The second kappa shape index (κ2) is 9.17. The number of thiazole rings is 1. The lowest BCUT2D eigenvalue weighted by atomic mass is 10.1. The number of hydrogen-bond acceptors (Lipinski definition) is 5. The molecule has 0 aliphatic heterocycles. The van der Waals surface area contributed by atoms with E-state index < -0.39 is 0 Å². The van der Waals surface area contributed by atoms with Gasteiger partial charge in [0.2, 0.25) is 5.13 Å². The first-order valence-electron chi connectivity index (χ1n) is 9.35. The summed E-state index contributed by atoms with van der Waals surface area (Å²) in [6, 6.07) is 26.3. The van der Waals surface area contributed by atoms with Crippen molar-refractivity contribution >= 4 is 22.7 Å². The first kappa shape index (κ1) is 18.9. The van der Waals surface area contributed by atoms with E-state index in [1.54, 1.807) is 6.21 Å². The summed E-state index contributed by atoms with van der Waals surface area (Å²) < 4.78 is 5.97. The van der Waals surface area contributed by atoms with Crippen LogP contribution in [0.3, 0.4) is 0 Å². The van der Waals surface area contributed by atoms with E-state index in [1.807, 2.05) is 60.0 Å². The Labute approximate surface area is 174 Å². The average molecular weight is 400 g/mol. The number of anilines is 1. The SMILES string of the molecule is Cc1ccc(-c2csc(N/N=C\c3ccccc3OCc3ccccc3)n2)cc1. The summed E-state index contributed by atoms with van der Waals surface area (Å²) in [4.78, 5) is 4.60. The van der Waals surface area contributed by atoms with Crippen LogP contribution in [0.1, 0.15) is 16.7 Å². The molecule has 4 aromatic rings. The molecule has 0 bridgehead atoms. The Hall–Kier alpha value is -3.44. The topological polar surface area (TPSA) is 46.5 Å². The maximum atomic E-state index is 5.97. The number of benzene rings is 3. The molecule has 1 aromatic heterocycles. The van der Waals surface area contributed by atoms with Gasteiger partial charge in [-0.15, -0.1) is 11.3 Å². The van der Waals surface area contributed by atoms with Gasteiger partial charge in [-0.3, -0.25) is 5.43 Å². The van der Waals surface area contributed by atoms with Gasteiger partial charge in [0.25, 0.3) is 0 Å². The van der Waals surface area contributed by atoms with E-state index in [0.29, 0.717) is 6.61 Å². The van der Waals surface area contributed by atoms with Crippen LogP contribution in [0.15, 0.2) is 89.3 Å². The molecule has 0 fully saturated rings. The fraction of sp³-hybridized carbons (Fsp3) is 0.0833. The van der Waals surface area contributed by atoms with Crippen LogP contribution in [-0.2, 0) is 6.61 Å². The van der Waals surface area contributed by atoms with Crippen molar-refractivity contribution in [1.29, 1.82) is 0 Å². The zero-order valence-electron chi connectivity index (χ0n) is 16.1. The van der Waals surface area contributed by atoms with Crippen molar-refractivity contribution in [3.05, 3.63) is 101 Å². The number of aryl methyl sites for hydroxylation is 1. The fourth-order valence-corrected chi connectivity index (χ4v) is 3.46. The van der Waals surface area contributed by atoms with Gasteiger partial charge in [-0.2, -0.15) is 5.10 Å². The van der Waals surface area contributed by atoms with Gasteiger partial charge in [0.15, 0.2) is 0 Å². The Balaban J connectivity index is 1.40. The molecular formula is C24H21N3OS. The minimum absolute atomic E-state index is 0.519. The summed E-state index contributed by atoms with van der Waals surface area (Å²) in [5, 5.41) is 7.12. The second-order valence-electron chi connectivity index (χ2n) is 6.59. The smallest absolute Gasteiger partial charge is 0.203 e. The van der Waals surface area contributed by atoms with Crippen LogP contribution < -0.4 is 10.2 Å². The molecule has 0 aliphatic carbocycles. The molecule has 144 valence electrons. The number of nitrogens with zero attached hydrogens (tertiary/aromatic N) is 2. The zero-order valence-corrected chi connectivity index (χ0v) is 16.9. The highest BCUT2D eigenvalue weighted by Crippen LogP contribution is 2.25. The van der Waals surface area contributed by atoms with E-state index in [2.05, 4.69) is 46.7 Å². The minimum atomic E-state index is 0.519. The number of rotatable bonds is 7. The summed E-state index contributed by atoms with van der Waals surface area (Å²) >= 11 is 1.53.